The molecule has 2 aromatic carbocycles. The van der Waals surface area contributed by atoms with Gasteiger partial charge in [-0.05, 0) is 24.3 Å². The van der Waals surface area contributed by atoms with Gasteiger partial charge in [0.25, 0.3) is 0 Å². The van der Waals surface area contributed by atoms with E-state index in [1.54, 1.807) is 36.4 Å². The van der Waals surface area contributed by atoms with Crippen LogP contribution < -0.4 is 15.3 Å². The van der Waals surface area contributed by atoms with E-state index in [4.69, 9.17) is 9.15 Å². The average molecular weight is 309 g/mol. The number of ether oxygens (including phenoxy) is 1. The Morgan fingerprint density at radius 1 is 1.04 bits per heavy atom. The molecule has 0 bridgehead atoms. The van der Waals surface area contributed by atoms with Crippen molar-refractivity contribution >= 4 is 22.6 Å². The highest BCUT2D eigenvalue weighted by molar-refractivity contribution is 5.94. The molecule has 0 radical (unpaired) electrons. The van der Waals surface area contributed by atoms with Crippen LogP contribution in [-0.4, -0.2) is 20.1 Å². The first-order chi connectivity index (χ1) is 11.0. The largest absolute Gasteiger partial charge is 0.422 e. The molecule has 0 aliphatic rings. The van der Waals surface area contributed by atoms with Crippen molar-refractivity contribution in [3.63, 3.8) is 0 Å². The first-order valence-corrected chi connectivity index (χ1v) is 7.07. The molecular weight excluding hydrogens is 294 g/mol. The number of hydrogen-bond acceptors (Lipinski definition) is 5. The van der Waals surface area contributed by atoms with Crippen LogP contribution in [0.1, 0.15) is 10.4 Å². The van der Waals surface area contributed by atoms with Gasteiger partial charge in [0.05, 0.1) is 17.0 Å². The zero-order valence-corrected chi connectivity index (χ0v) is 12.8. The molecular formula is C18H15NO4. The predicted octanol–water partition coefficient (Wildman–Crippen LogP) is 3.08. The van der Waals surface area contributed by atoms with Gasteiger partial charge >= 0.3 is 11.6 Å². The zero-order valence-electron chi connectivity index (χ0n) is 12.8. The second-order valence-electron chi connectivity index (χ2n) is 5.26. The Hall–Kier alpha value is -3.08. The third-order valence-electron chi connectivity index (χ3n) is 3.42. The lowest BCUT2D eigenvalue weighted by molar-refractivity contribution is 0.0736. The van der Waals surface area contributed by atoms with E-state index < -0.39 is 11.6 Å². The first kappa shape index (κ1) is 14.8. The van der Waals surface area contributed by atoms with Crippen LogP contribution in [0.2, 0.25) is 0 Å². The Labute approximate surface area is 132 Å². The monoisotopic (exact) mass is 309 g/mol. The number of carbonyl (C=O) groups excluding carboxylic acids is 1. The summed E-state index contributed by atoms with van der Waals surface area (Å²) in [6.07, 6.45) is 0. The predicted molar refractivity (Wildman–Crippen MR) is 88.2 cm³/mol. The van der Waals surface area contributed by atoms with Gasteiger partial charge in [-0.3, -0.25) is 0 Å². The van der Waals surface area contributed by atoms with Gasteiger partial charge in [-0.2, -0.15) is 0 Å². The molecule has 0 aliphatic heterocycles. The van der Waals surface area contributed by atoms with Crippen LogP contribution in [0.15, 0.2) is 63.8 Å². The summed E-state index contributed by atoms with van der Waals surface area (Å²) in [6.45, 7) is 0. The summed E-state index contributed by atoms with van der Waals surface area (Å²) in [5.41, 5.74) is 1.11. The van der Waals surface area contributed by atoms with Crippen LogP contribution in [0.25, 0.3) is 11.0 Å². The van der Waals surface area contributed by atoms with Gasteiger partial charge in [0.15, 0.2) is 0 Å². The minimum atomic E-state index is -0.565. The Bertz CT molecular complexity index is 913. The molecule has 0 fully saturated rings. The Morgan fingerprint density at radius 3 is 2.48 bits per heavy atom. The minimum Gasteiger partial charge on any atom is -0.422 e. The first-order valence-electron chi connectivity index (χ1n) is 7.07. The smallest absolute Gasteiger partial charge is 0.343 e. The van der Waals surface area contributed by atoms with Gasteiger partial charge in [0.1, 0.15) is 11.3 Å². The van der Waals surface area contributed by atoms with E-state index in [0.29, 0.717) is 16.5 Å². The molecule has 0 N–H and O–H groups in total. The Morgan fingerprint density at radius 2 is 1.78 bits per heavy atom. The summed E-state index contributed by atoms with van der Waals surface area (Å²) in [7, 11) is 3.77. The summed E-state index contributed by atoms with van der Waals surface area (Å²) in [6, 6.07) is 15.2. The fraction of sp³-hybridized carbons (Fsp3) is 0.111. The van der Waals surface area contributed by atoms with E-state index in [1.165, 1.54) is 6.07 Å². The van der Waals surface area contributed by atoms with Crippen LogP contribution in [0.4, 0.5) is 5.69 Å². The van der Waals surface area contributed by atoms with E-state index in [2.05, 4.69) is 0 Å². The molecule has 0 amide bonds. The van der Waals surface area contributed by atoms with Crippen LogP contribution in [0, 0.1) is 0 Å². The highest BCUT2D eigenvalue weighted by Crippen LogP contribution is 2.27. The van der Waals surface area contributed by atoms with Crippen molar-refractivity contribution in [1.82, 2.24) is 0 Å². The number of esters is 1. The van der Waals surface area contributed by atoms with Crippen molar-refractivity contribution in [3.8, 4) is 5.75 Å². The Kier molecular flexibility index (Phi) is 3.85. The summed E-state index contributed by atoms with van der Waals surface area (Å²) < 4.78 is 10.6. The number of hydrogen-bond donors (Lipinski definition) is 0. The second-order valence-corrected chi connectivity index (χ2v) is 5.26. The fourth-order valence-corrected chi connectivity index (χ4v) is 2.22. The third kappa shape index (κ3) is 3.08. The lowest BCUT2D eigenvalue weighted by Crippen LogP contribution is -2.11. The summed E-state index contributed by atoms with van der Waals surface area (Å²) in [4.78, 5) is 25.8. The summed E-state index contributed by atoms with van der Waals surface area (Å²) in [5.74, 6) is -0.329. The number of carbonyl (C=O) groups is 1. The molecule has 23 heavy (non-hydrogen) atoms. The van der Waals surface area contributed by atoms with Gasteiger partial charge in [-0.25, -0.2) is 9.59 Å². The molecule has 0 spiro atoms. The highest BCUT2D eigenvalue weighted by atomic mass is 16.5. The second kappa shape index (κ2) is 5.96. The van der Waals surface area contributed by atoms with Crippen molar-refractivity contribution in [1.29, 1.82) is 0 Å². The van der Waals surface area contributed by atoms with Crippen LogP contribution in [-0.2, 0) is 0 Å². The maximum absolute atomic E-state index is 12.2. The molecule has 0 unspecified atom stereocenters. The molecule has 5 heteroatoms. The lowest BCUT2D eigenvalue weighted by Gasteiger charge is -2.13. The molecule has 5 nitrogen and oxygen atoms in total. The zero-order chi connectivity index (χ0) is 16.4. The number of nitrogens with zero attached hydrogens (tertiary/aromatic N) is 1. The summed E-state index contributed by atoms with van der Waals surface area (Å²) >= 11 is 0. The van der Waals surface area contributed by atoms with Crippen molar-refractivity contribution in [2.45, 2.75) is 0 Å². The van der Waals surface area contributed by atoms with Crippen molar-refractivity contribution in [2.24, 2.45) is 0 Å². The maximum atomic E-state index is 12.2. The van der Waals surface area contributed by atoms with E-state index in [9.17, 15) is 9.59 Å². The Balaban J connectivity index is 2.04. The molecule has 0 saturated carbocycles. The number of rotatable bonds is 3. The normalized spacial score (nSPS) is 10.5. The number of benzene rings is 2. The van der Waals surface area contributed by atoms with Crippen LogP contribution in [0.5, 0.6) is 5.75 Å². The molecule has 1 aromatic heterocycles. The highest BCUT2D eigenvalue weighted by Gasteiger charge is 2.13. The standard InChI is InChI=1S/C18H15NO4/c1-19(2)13-8-9-14-15(10-13)22-17(20)11-16(14)23-18(21)12-6-4-3-5-7-12/h3-11H,1-2H3. The van der Waals surface area contributed by atoms with E-state index in [-0.39, 0.29) is 5.75 Å². The SMILES string of the molecule is CN(C)c1ccc2c(OC(=O)c3ccccc3)cc(=O)oc2c1. The van der Waals surface area contributed by atoms with Crippen LogP contribution in [0.3, 0.4) is 0 Å². The minimum absolute atomic E-state index is 0.190. The topological polar surface area (TPSA) is 59.8 Å². The summed E-state index contributed by atoms with van der Waals surface area (Å²) in [5, 5.41) is 0.569. The van der Waals surface area contributed by atoms with E-state index >= 15 is 0 Å². The molecule has 3 rings (SSSR count). The maximum Gasteiger partial charge on any atom is 0.343 e. The van der Waals surface area contributed by atoms with Gasteiger partial charge in [-0.1, -0.05) is 18.2 Å². The van der Waals surface area contributed by atoms with Crippen molar-refractivity contribution in [3.05, 3.63) is 70.6 Å². The molecule has 0 saturated heterocycles. The average Bonchev–Trinajstić information content (AvgIpc) is 2.54. The molecule has 0 aliphatic carbocycles. The van der Waals surface area contributed by atoms with Crippen molar-refractivity contribution in [2.75, 3.05) is 19.0 Å². The van der Waals surface area contributed by atoms with E-state index in [0.717, 1.165) is 5.69 Å². The molecule has 0 atom stereocenters. The third-order valence-corrected chi connectivity index (χ3v) is 3.42. The molecule has 1 heterocycles. The lowest BCUT2D eigenvalue weighted by atomic mass is 10.2. The van der Waals surface area contributed by atoms with Crippen molar-refractivity contribution < 1.29 is 13.9 Å². The van der Waals surface area contributed by atoms with Crippen LogP contribution >= 0.6 is 0 Å². The van der Waals surface area contributed by atoms with Gasteiger partial charge < -0.3 is 14.1 Å². The quantitative estimate of drug-likeness (QED) is 0.549. The van der Waals surface area contributed by atoms with Gasteiger partial charge in [-0.15, -0.1) is 0 Å². The number of anilines is 1. The molecule has 116 valence electrons. The van der Waals surface area contributed by atoms with Gasteiger partial charge in [0, 0.05) is 25.8 Å². The molecule has 3 aromatic rings. The van der Waals surface area contributed by atoms with E-state index in [1.807, 2.05) is 31.1 Å². The number of fused-ring (bicyclic) bond motifs is 1. The fourth-order valence-electron chi connectivity index (χ4n) is 2.22. The van der Waals surface area contributed by atoms with Gasteiger partial charge in [0.2, 0.25) is 0 Å².